The van der Waals surface area contributed by atoms with Gasteiger partial charge in [0, 0.05) is 6.54 Å². The van der Waals surface area contributed by atoms with Crippen LogP contribution in [0.5, 0.6) is 0 Å². The quantitative estimate of drug-likeness (QED) is 0.834. The van der Waals surface area contributed by atoms with Crippen LogP contribution >= 0.6 is 0 Å². The van der Waals surface area contributed by atoms with Crippen molar-refractivity contribution in [1.82, 2.24) is 4.90 Å². The van der Waals surface area contributed by atoms with Crippen LogP contribution in [0, 0.1) is 17.1 Å². The standard InChI is InChI=1S/C16H15FN2/c1-19(12-13-5-3-2-4-6-13)16(11-18)14-7-9-15(17)10-8-14/h2-10,16H,12H2,1H3. The van der Waals surface area contributed by atoms with Crippen LogP contribution in [0.1, 0.15) is 17.2 Å². The maximum Gasteiger partial charge on any atom is 0.123 e. The van der Waals surface area contributed by atoms with E-state index in [1.165, 1.54) is 12.1 Å². The van der Waals surface area contributed by atoms with Gasteiger partial charge in [-0.1, -0.05) is 42.5 Å². The van der Waals surface area contributed by atoms with Crippen molar-refractivity contribution in [2.75, 3.05) is 7.05 Å². The molecule has 2 nitrogen and oxygen atoms in total. The molecule has 2 rings (SSSR count). The third-order valence-electron chi connectivity index (χ3n) is 3.02. The zero-order valence-electron chi connectivity index (χ0n) is 10.8. The van der Waals surface area contributed by atoms with Crippen molar-refractivity contribution < 1.29 is 4.39 Å². The third-order valence-corrected chi connectivity index (χ3v) is 3.02. The molecule has 0 N–H and O–H groups in total. The minimum absolute atomic E-state index is 0.286. The highest BCUT2D eigenvalue weighted by Crippen LogP contribution is 2.20. The van der Waals surface area contributed by atoms with Gasteiger partial charge in [0.15, 0.2) is 0 Å². The van der Waals surface area contributed by atoms with Gasteiger partial charge in [0.1, 0.15) is 11.9 Å². The Kier molecular flexibility index (Phi) is 4.27. The van der Waals surface area contributed by atoms with Gasteiger partial charge in [-0.25, -0.2) is 4.39 Å². The number of benzene rings is 2. The van der Waals surface area contributed by atoms with E-state index in [4.69, 9.17) is 0 Å². The number of nitriles is 1. The highest BCUT2D eigenvalue weighted by atomic mass is 19.1. The lowest BCUT2D eigenvalue weighted by Gasteiger charge is -2.22. The van der Waals surface area contributed by atoms with Gasteiger partial charge in [-0.3, -0.25) is 4.90 Å². The van der Waals surface area contributed by atoms with E-state index < -0.39 is 0 Å². The molecule has 1 atom stereocenters. The molecule has 2 aromatic carbocycles. The molecule has 1 unspecified atom stereocenters. The summed E-state index contributed by atoms with van der Waals surface area (Å²) < 4.78 is 12.9. The molecule has 0 saturated carbocycles. The van der Waals surface area contributed by atoms with E-state index in [1.54, 1.807) is 12.1 Å². The molecule has 96 valence electrons. The van der Waals surface area contributed by atoms with Crippen LogP contribution in [0.2, 0.25) is 0 Å². The van der Waals surface area contributed by atoms with Gasteiger partial charge in [-0.15, -0.1) is 0 Å². The van der Waals surface area contributed by atoms with Crippen LogP contribution in [0.15, 0.2) is 54.6 Å². The molecule has 0 fully saturated rings. The van der Waals surface area contributed by atoms with Crippen LogP contribution in [0.3, 0.4) is 0 Å². The first-order chi connectivity index (χ1) is 9.20. The largest absolute Gasteiger partial charge is 0.283 e. The Balaban J connectivity index is 2.14. The van der Waals surface area contributed by atoms with E-state index >= 15 is 0 Å². The smallest absolute Gasteiger partial charge is 0.123 e. The zero-order chi connectivity index (χ0) is 13.7. The van der Waals surface area contributed by atoms with Gasteiger partial charge in [-0.05, 0) is 30.3 Å². The average molecular weight is 254 g/mol. The topological polar surface area (TPSA) is 27.0 Å². The van der Waals surface area contributed by atoms with E-state index in [0.717, 1.165) is 11.1 Å². The summed E-state index contributed by atoms with van der Waals surface area (Å²) in [6, 6.07) is 17.9. The van der Waals surface area contributed by atoms with Crippen molar-refractivity contribution in [1.29, 1.82) is 5.26 Å². The minimum atomic E-state index is -0.374. The Morgan fingerprint density at radius 3 is 2.32 bits per heavy atom. The van der Waals surface area contributed by atoms with Gasteiger partial charge in [-0.2, -0.15) is 5.26 Å². The van der Waals surface area contributed by atoms with Gasteiger partial charge in [0.2, 0.25) is 0 Å². The summed E-state index contributed by atoms with van der Waals surface area (Å²) in [5.41, 5.74) is 1.95. The van der Waals surface area contributed by atoms with E-state index in [0.29, 0.717) is 6.54 Å². The zero-order valence-corrected chi connectivity index (χ0v) is 10.8. The Hall–Kier alpha value is -2.18. The van der Waals surface area contributed by atoms with Crippen molar-refractivity contribution in [3.8, 4) is 6.07 Å². The fraction of sp³-hybridized carbons (Fsp3) is 0.188. The molecule has 0 aliphatic rings. The van der Waals surface area contributed by atoms with Crippen LogP contribution in [0.25, 0.3) is 0 Å². The third kappa shape index (κ3) is 3.40. The molecule has 0 saturated heterocycles. The van der Waals surface area contributed by atoms with Crippen LogP contribution in [0.4, 0.5) is 4.39 Å². The Labute approximate surface area is 112 Å². The predicted octanol–water partition coefficient (Wildman–Crippen LogP) is 3.52. The Morgan fingerprint density at radius 1 is 1.11 bits per heavy atom. The van der Waals surface area contributed by atoms with Gasteiger partial charge < -0.3 is 0 Å². The van der Waals surface area contributed by atoms with E-state index in [1.807, 2.05) is 42.3 Å². The summed E-state index contributed by atoms with van der Waals surface area (Å²) in [5.74, 6) is -0.286. The molecular formula is C16H15FN2. The minimum Gasteiger partial charge on any atom is -0.283 e. The van der Waals surface area contributed by atoms with Crippen LogP contribution in [-0.4, -0.2) is 11.9 Å². The van der Waals surface area contributed by atoms with E-state index in [9.17, 15) is 9.65 Å². The number of hydrogen-bond acceptors (Lipinski definition) is 2. The van der Waals surface area contributed by atoms with Gasteiger partial charge in [0.05, 0.1) is 6.07 Å². The van der Waals surface area contributed by atoms with Crippen LogP contribution in [-0.2, 0) is 6.54 Å². The molecule has 3 heteroatoms. The SMILES string of the molecule is CN(Cc1ccccc1)C(C#N)c1ccc(F)cc1. The highest BCUT2D eigenvalue weighted by molar-refractivity contribution is 5.25. The number of rotatable bonds is 4. The van der Waals surface area contributed by atoms with Crippen molar-refractivity contribution in [3.63, 3.8) is 0 Å². The molecule has 0 amide bonds. The molecule has 19 heavy (non-hydrogen) atoms. The summed E-state index contributed by atoms with van der Waals surface area (Å²) in [4.78, 5) is 1.95. The lowest BCUT2D eigenvalue weighted by molar-refractivity contribution is 0.283. The molecule has 0 heterocycles. The Bertz CT molecular complexity index is 558. The maximum atomic E-state index is 12.9. The maximum absolute atomic E-state index is 12.9. The summed E-state index contributed by atoms with van der Waals surface area (Å²) in [5, 5.41) is 9.31. The normalized spacial score (nSPS) is 12.1. The first-order valence-electron chi connectivity index (χ1n) is 6.10. The summed E-state index contributed by atoms with van der Waals surface area (Å²) in [6.45, 7) is 0.677. The predicted molar refractivity (Wildman–Crippen MR) is 72.7 cm³/mol. The summed E-state index contributed by atoms with van der Waals surface area (Å²) >= 11 is 0. The van der Waals surface area contributed by atoms with E-state index in [2.05, 4.69) is 6.07 Å². The molecule has 0 bridgehead atoms. The molecule has 0 radical (unpaired) electrons. The van der Waals surface area contributed by atoms with Crippen molar-refractivity contribution >= 4 is 0 Å². The average Bonchev–Trinajstić information content (AvgIpc) is 2.43. The first kappa shape index (κ1) is 13.3. The number of hydrogen-bond donors (Lipinski definition) is 0. The lowest BCUT2D eigenvalue weighted by atomic mass is 10.1. The summed E-state index contributed by atoms with van der Waals surface area (Å²) in [7, 11) is 1.89. The lowest BCUT2D eigenvalue weighted by Crippen LogP contribution is -2.23. The molecule has 0 aliphatic carbocycles. The number of halogens is 1. The van der Waals surface area contributed by atoms with E-state index in [-0.39, 0.29) is 11.9 Å². The fourth-order valence-corrected chi connectivity index (χ4v) is 2.04. The van der Waals surface area contributed by atoms with Crippen molar-refractivity contribution in [3.05, 3.63) is 71.5 Å². The van der Waals surface area contributed by atoms with Gasteiger partial charge >= 0.3 is 0 Å². The highest BCUT2D eigenvalue weighted by Gasteiger charge is 2.16. The summed E-state index contributed by atoms with van der Waals surface area (Å²) in [6.07, 6.45) is 0. The molecule has 0 aliphatic heterocycles. The van der Waals surface area contributed by atoms with Crippen molar-refractivity contribution in [2.45, 2.75) is 12.6 Å². The second kappa shape index (κ2) is 6.12. The second-order valence-electron chi connectivity index (χ2n) is 4.48. The number of nitrogens with zero attached hydrogens (tertiary/aromatic N) is 2. The molecule has 2 aromatic rings. The van der Waals surface area contributed by atoms with Crippen LogP contribution < -0.4 is 0 Å². The molecular weight excluding hydrogens is 239 g/mol. The monoisotopic (exact) mass is 254 g/mol. The first-order valence-corrected chi connectivity index (χ1v) is 6.10. The Morgan fingerprint density at radius 2 is 1.74 bits per heavy atom. The fourth-order valence-electron chi connectivity index (χ4n) is 2.04. The van der Waals surface area contributed by atoms with Crippen molar-refractivity contribution in [2.24, 2.45) is 0 Å². The molecule has 0 aromatic heterocycles. The molecule has 0 spiro atoms. The second-order valence-corrected chi connectivity index (χ2v) is 4.48. The van der Waals surface area contributed by atoms with Gasteiger partial charge in [0.25, 0.3) is 0 Å².